The third kappa shape index (κ3) is 5.72. The predicted molar refractivity (Wildman–Crippen MR) is 109 cm³/mol. The predicted octanol–water partition coefficient (Wildman–Crippen LogP) is 4.27. The quantitative estimate of drug-likeness (QED) is 0.772. The monoisotopic (exact) mass is 386 g/mol. The van der Waals surface area contributed by atoms with E-state index in [-0.39, 0.29) is 11.8 Å². The summed E-state index contributed by atoms with van der Waals surface area (Å²) in [5.41, 5.74) is 2.17. The molecule has 4 nitrogen and oxygen atoms in total. The normalized spacial score (nSPS) is 17.5. The van der Waals surface area contributed by atoms with Crippen molar-refractivity contribution < 1.29 is 9.53 Å². The summed E-state index contributed by atoms with van der Waals surface area (Å²) < 4.78 is 5.52. The molecule has 1 fully saturated rings. The second kappa shape index (κ2) is 9.77. The number of ether oxygens (including phenoxy) is 1. The fraction of sp³-hybridized carbons (Fsp3) is 0.409. The van der Waals surface area contributed by atoms with Gasteiger partial charge in [0.05, 0.1) is 12.5 Å². The van der Waals surface area contributed by atoms with E-state index >= 15 is 0 Å². The Kier molecular flexibility index (Phi) is 7.13. The van der Waals surface area contributed by atoms with Crippen LogP contribution in [-0.2, 0) is 17.9 Å². The number of likely N-dealkylation sites (tertiary alicyclic amines) is 1. The Morgan fingerprint density at radius 3 is 2.93 bits per heavy atom. The number of nitrogens with zero attached hydrogens (tertiary/aromatic N) is 1. The first-order chi connectivity index (χ1) is 13.2. The molecule has 0 aliphatic carbocycles. The lowest BCUT2D eigenvalue weighted by Gasteiger charge is -2.32. The zero-order valence-electron chi connectivity index (χ0n) is 15.8. The molecule has 1 saturated heterocycles. The fourth-order valence-corrected chi connectivity index (χ4v) is 3.72. The Morgan fingerprint density at radius 2 is 2.11 bits per heavy atom. The highest BCUT2D eigenvalue weighted by Crippen LogP contribution is 2.22. The first-order valence-corrected chi connectivity index (χ1v) is 9.98. The van der Waals surface area contributed by atoms with Gasteiger partial charge in [0.25, 0.3) is 0 Å². The molecule has 2 aromatic rings. The first-order valence-electron chi connectivity index (χ1n) is 9.61. The molecule has 3 rings (SSSR count). The van der Waals surface area contributed by atoms with Crippen LogP contribution in [0.15, 0.2) is 48.5 Å². The molecule has 1 atom stereocenters. The van der Waals surface area contributed by atoms with Crippen LogP contribution in [0.5, 0.6) is 5.75 Å². The maximum atomic E-state index is 12.7. The Labute approximate surface area is 166 Å². The van der Waals surface area contributed by atoms with Crippen LogP contribution in [0.3, 0.4) is 0 Å². The average molecular weight is 387 g/mol. The second-order valence-corrected chi connectivity index (χ2v) is 7.37. The standard InChI is InChI=1S/C22H27ClN2O2/c1-2-27-20-10-5-7-17(13-20)14-24-22(26)19-9-6-12-25(16-19)15-18-8-3-4-11-21(18)23/h3-5,7-8,10-11,13,19H,2,6,9,12,14-16H2,1H3,(H,24,26)/t19-/m0/s1. The molecule has 2 aromatic carbocycles. The number of rotatable bonds is 7. The summed E-state index contributed by atoms with van der Waals surface area (Å²) in [6.45, 7) is 5.70. The minimum absolute atomic E-state index is 0.0244. The van der Waals surface area contributed by atoms with Crippen LogP contribution in [0.2, 0.25) is 5.02 Å². The number of carbonyl (C=O) groups excluding carboxylic acids is 1. The van der Waals surface area contributed by atoms with Gasteiger partial charge in [0.15, 0.2) is 0 Å². The van der Waals surface area contributed by atoms with Crippen molar-refractivity contribution in [1.82, 2.24) is 10.2 Å². The highest BCUT2D eigenvalue weighted by Gasteiger charge is 2.25. The molecule has 1 amide bonds. The van der Waals surface area contributed by atoms with Gasteiger partial charge in [-0.3, -0.25) is 9.69 Å². The summed E-state index contributed by atoms with van der Waals surface area (Å²) >= 11 is 6.28. The highest BCUT2D eigenvalue weighted by molar-refractivity contribution is 6.31. The van der Waals surface area contributed by atoms with Crippen LogP contribution in [0.1, 0.15) is 30.9 Å². The fourth-order valence-electron chi connectivity index (χ4n) is 3.53. The van der Waals surface area contributed by atoms with Crippen molar-refractivity contribution in [3.8, 4) is 5.75 Å². The summed E-state index contributed by atoms with van der Waals surface area (Å²) in [5.74, 6) is 0.991. The molecule has 144 valence electrons. The van der Waals surface area contributed by atoms with E-state index in [1.54, 1.807) is 0 Å². The SMILES string of the molecule is CCOc1cccc(CNC(=O)[C@H]2CCCN(Cc3ccccc3Cl)C2)c1. The molecule has 0 unspecified atom stereocenters. The summed E-state index contributed by atoms with van der Waals surface area (Å²) in [6, 6.07) is 15.8. The van der Waals surface area contributed by atoms with Crippen LogP contribution in [0.4, 0.5) is 0 Å². The van der Waals surface area contributed by atoms with Gasteiger partial charge in [-0.25, -0.2) is 0 Å². The van der Waals surface area contributed by atoms with Crippen molar-refractivity contribution in [2.45, 2.75) is 32.9 Å². The number of amides is 1. The van der Waals surface area contributed by atoms with Crippen molar-refractivity contribution in [2.24, 2.45) is 5.92 Å². The van der Waals surface area contributed by atoms with Gasteiger partial charge in [-0.2, -0.15) is 0 Å². The van der Waals surface area contributed by atoms with Crippen LogP contribution in [-0.4, -0.2) is 30.5 Å². The van der Waals surface area contributed by atoms with Crippen molar-refractivity contribution in [1.29, 1.82) is 0 Å². The molecule has 0 radical (unpaired) electrons. The Hall–Kier alpha value is -2.04. The third-order valence-corrected chi connectivity index (χ3v) is 5.27. The van der Waals surface area contributed by atoms with E-state index in [2.05, 4.69) is 16.3 Å². The van der Waals surface area contributed by atoms with Gasteiger partial charge in [0, 0.05) is 24.7 Å². The average Bonchev–Trinajstić information content (AvgIpc) is 2.69. The Bertz CT molecular complexity index is 765. The van der Waals surface area contributed by atoms with Crippen LogP contribution < -0.4 is 10.1 Å². The van der Waals surface area contributed by atoms with E-state index in [1.807, 2.05) is 49.4 Å². The minimum atomic E-state index is 0.0244. The second-order valence-electron chi connectivity index (χ2n) is 6.96. The first kappa shape index (κ1) is 19.7. The van der Waals surface area contributed by atoms with E-state index in [9.17, 15) is 4.79 Å². The molecule has 1 heterocycles. The number of hydrogen-bond donors (Lipinski definition) is 1. The number of nitrogens with one attached hydrogen (secondary N) is 1. The van der Waals surface area contributed by atoms with Crippen LogP contribution >= 0.6 is 11.6 Å². The third-order valence-electron chi connectivity index (χ3n) is 4.90. The zero-order chi connectivity index (χ0) is 19.1. The number of benzene rings is 2. The molecule has 27 heavy (non-hydrogen) atoms. The lowest BCUT2D eigenvalue weighted by Crippen LogP contribution is -2.42. The van der Waals surface area contributed by atoms with Crippen molar-refractivity contribution >= 4 is 17.5 Å². The van der Waals surface area contributed by atoms with E-state index < -0.39 is 0 Å². The molecule has 1 aliphatic heterocycles. The van der Waals surface area contributed by atoms with E-state index in [0.717, 1.165) is 54.4 Å². The molecular weight excluding hydrogens is 360 g/mol. The summed E-state index contributed by atoms with van der Waals surface area (Å²) in [7, 11) is 0. The van der Waals surface area contributed by atoms with Crippen molar-refractivity contribution in [2.75, 3.05) is 19.7 Å². The largest absolute Gasteiger partial charge is 0.494 e. The van der Waals surface area contributed by atoms with Gasteiger partial charge in [0.1, 0.15) is 5.75 Å². The lowest BCUT2D eigenvalue weighted by atomic mass is 9.96. The van der Waals surface area contributed by atoms with Gasteiger partial charge >= 0.3 is 0 Å². The smallest absolute Gasteiger partial charge is 0.224 e. The lowest BCUT2D eigenvalue weighted by molar-refractivity contribution is -0.126. The number of piperidine rings is 1. The van der Waals surface area contributed by atoms with Gasteiger partial charge in [0.2, 0.25) is 5.91 Å². The van der Waals surface area contributed by atoms with Crippen LogP contribution in [0.25, 0.3) is 0 Å². The highest BCUT2D eigenvalue weighted by atomic mass is 35.5. The van der Waals surface area contributed by atoms with E-state index in [4.69, 9.17) is 16.3 Å². The van der Waals surface area contributed by atoms with Crippen molar-refractivity contribution in [3.05, 3.63) is 64.7 Å². The molecular formula is C22H27ClN2O2. The van der Waals surface area contributed by atoms with Gasteiger partial charge < -0.3 is 10.1 Å². The number of carbonyl (C=O) groups is 1. The van der Waals surface area contributed by atoms with Gasteiger partial charge in [-0.05, 0) is 55.6 Å². The van der Waals surface area contributed by atoms with Gasteiger partial charge in [-0.15, -0.1) is 0 Å². The zero-order valence-corrected chi connectivity index (χ0v) is 16.5. The topological polar surface area (TPSA) is 41.6 Å². The maximum Gasteiger partial charge on any atom is 0.224 e. The summed E-state index contributed by atoms with van der Waals surface area (Å²) in [5, 5.41) is 3.88. The number of halogens is 1. The molecule has 0 aromatic heterocycles. The van der Waals surface area contributed by atoms with Crippen molar-refractivity contribution in [3.63, 3.8) is 0 Å². The van der Waals surface area contributed by atoms with Crippen LogP contribution in [0, 0.1) is 5.92 Å². The molecule has 1 aliphatic rings. The molecule has 1 N–H and O–H groups in total. The minimum Gasteiger partial charge on any atom is -0.494 e. The number of hydrogen-bond acceptors (Lipinski definition) is 3. The molecule has 5 heteroatoms. The Balaban J connectivity index is 1.52. The Morgan fingerprint density at radius 1 is 1.26 bits per heavy atom. The molecule has 0 saturated carbocycles. The maximum absolute atomic E-state index is 12.7. The molecule has 0 bridgehead atoms. The van der Waals surface area contributed by atoms with Gasteiger partial charge in [-0.1, -0.05) is 41.9 Å². The summed E-state index contributed by atoms with van der Waals surface area (Å²) in [4.78, 5) is 15.0. The van der Waals surface area contributed by atoms with E-state index in [1.165, 1.54) is 0 Å². The summed E-state index contributed by atoms with van der Waals surface area (Å²) in [6.07, 6.45) is 1.96. The van der Waals surface area contributed by atoms with E-state index in [0.29, 0.717) is 13.2 Å². The molecule has 0 spiro atoms.